The highest BCUT2D eigenvalue weighted by Gasteiger charge is 2.21. The summed E-state index contributed by atoms with van der Waals surface area (Å²) in [7, 11) is 0. The van der Waals surface area contributed by atoms with Gasteiger partial charge < -0.3 is 15.3 Å². The fourth-order valence-electron chi connectivity index (χ4n) is 2.64. The third kappa shape index (κ3) is 3.81. The average molecular weight is 331 g/mol. The molecule has 1 aliphatic rings. The molecule has 0 bridgehead atoms. The number of tetrazole rings is 1. The minimum Gasteiger partial charge on any atom is -0.393 e. The Morgan fingerprint density at radius 3 is 2.71 bits per heavy atom. The van der Waals surface area contributed by atoms with Gasteiger partial charge in [0.1, 0.15) is 0 Å². The Morgan fingerprint density at radius 2 is 2.04 bits per heavy atom. The van der Waals surface area contributed by atoms with Crippen molar-refractivity contribution in [1.82, 2.24) is 25.2 Å². The number of nitrogens with one attached hydrogen (secondary N) is 1. The topological polar surface area (TPSA) is 92.0 Å². The molecule has 0 radical (unpaired) electrons. The molecule has 130 valence electrons. The van der Waals surface area contributed by atoms with E-state index in [2.05, 4.69) is 30.6 Å². The van der Waals surface area contributed by atoms with Crippen molar-refractivity contribution in [2.75, 3.05) is 23.3 Å². The van der Waals surface area contributed by atoms with Gasteiger partial charge in [-0.15, -0.1) is 10.2 Å². The highest BCUT2D eigenvalue weighted by Crippen LogP contribution is 2.26. The van der Waals surface area contributed by atoms with Gasteiger partial charge in [0.25, 0.3) is 0 Å². The van der Waals surface area contributed by atoms with Crippen LogP contribution in [-0.2, 0) is 12.1 Å². The van der Waals surface area contributed by atoms with Crippen LogP contribution in [0.5, 0.6) is 0 Å². The van der Waals surface area contributed by atoms with Crippen LogP contribution < -0.4 is 10.2 Å². The van der Waals surface area contributed by atoms with Crippen LogP contribution >= 0.6 is 0 Å². The minimum absolute atomic E-state index is 0.181. The van der Waals surface area contributed by atoms with E-state index in [-0.39, 0.29) is 11.6 Å². The van der Waals surface area contributed by atoms with E-state index < -0.39 is 0 Å². The first-order valence-electron chi connectivity index (χ1n) is 8.35. The summed E-state index contributed by atoms with van der Waals surface area (Å²) in [6.45, 7) is 8.23. The van der Waals surface area contributed by atoms with Crippen molar-refractivity contribution in [1.29, 1.82) is 0 Å². The lowest BCUT2D eigenvalue weighted by molar-refractivity contribution is 0.145. The lowest BCUT2D eigenvalue weighted by Crippen LogP contribution is -2.36. The molecule has 3 heterocycles. The van der Waals surface area contributed by atoms with Crippen molar-refractivity contribution >= 4 is 11.5 Å². The fraction of sp³-hybridized carbons (Fsp3) is 0.625. The predicted molar refractivity (Wildman–Crippen MR) is 91.8 cm³/mol. The van der Waals surface area contributed by atoms with Crippen molar-refractivity contribution in [3.63, 3.8) is 0 Å². The summed E-state index contributed by atoms with van der Waals surface area (Å²) in [6.07, 6.45) is 3.15. The van der Waals surface area contributed by atoms with Crippen molar-refractivity contribution in [2.24, 2.45) is 0 Å². The highest BCUT2D eigenvalue weighted by molar-refractivity contribution is 5.65. The summed E-state index contributed by atoms with van der Waals surface area (Å²) < 4.78 is 0. The molecule has 0 unspecified atom stereocenters. The second-order valence-electron chi connectivity index (χ2n) is 7.11. The quantitative estimate of drug-likeness (QED) is 0.875. The molecule has 0 saturated carbocycles. The van der Waals surface area contributed by atoms with Crippen LogP contribution in [0, 0.1) is 0 Å². The van der Waals surface area contributed by atoms with Crippen LogP contribution in [0.3, 0.4) is 0 Å². The Kier molecular flexibility index (Phi) is 4.66. The monoisotopic (exact) mass is 331 g/mol. The molecule has 0 amide bonds. The fourth-order valence-corrected chi connectivity index (χ4v) is 2.64. The maximum absolute atomic E-state index is 9.67. The predicted octanol–water partition coefficient (Wildman–Crippen LogP) is 1.40. The van der Waals surface area contributed by atoms with Crippen LogP contribution in [-0.4, -0.2) is 49.5 Å². The normalized spacial score (nSPS) is 16.4. The second-order valence-corrected chi connectivity index (χ2v) is 7.11. The number of aromatic nitrogens is 5. The smallest absolute Gasteiger partial charge is 0.193 e. The zero-order valence-electron chi connectivity index (χ0n) is 14.5. The third-order valence-electron chi connectivity index (χ3n) is 4.04. The lowest BCUT2D eigenvalue weighted by Gasteiger charge is -2.31. The van der Waals surface area contributed by atoms with E-state index in [1.54, 1.807) is 11.0 Å². The van der Waals surface area contributed by atoms with Crippen molar-refractivity contribution in [2.45, 2.75) is 51.8 Å². The molecule has 0 atom stereocenters. The summed E-state index contributed by atoms with van der Waals surface area (Å²) in [5.74, 6) is 1.56. The Hall–Kier alpha value is -2.22. The van der Waals surface area contributed by atoms with Crippen molar-refractivity contribution in [3.05, 3.63) is 24.2 Å². The molecule has 3 rings (SSSR count). The number of rotatable bonds is 4. The van der Waals surface area contributed by atoms with Gasteiger partial charge in [0, 0.05) is 19.3 Å². The Morgan fingerprint density at radius 1 is 1.29 bits per heavy atom. The lowest BCUT2D eigenvalue weighted by atomic mass is 10.1. The highest BCUT2D eigenvalue weighted by atomic mass is 16.3. The Bertz CT molecular complexity index is 671. The number of piperidine rings is 1. The number of aliphatic hydroxyl groups is 1. The second kappa shape index (κ2) is 6.72. The maximum atomic E-state index is 9.67. The molecule has 1 fully saturated rings. The first kappa shape index (κ1) is 16.6. The maximum Gasteiger partial charge on any atom is 0.193 e. The van der Waals surface area contributed by atoms with E-state index >= 15 is 0 Å². The largest absolute Gasteiger partial charge is 0.393 e. The van der Waals surface area contributed by atoms with Crippen LogP contribution in [0.25, 0.3) is 0 Å². The van der Waals surface area contributed by atoms with Gasteiger partial charge in [0.05, 0.1) is 23.9 Å². The van der Waals surface area contributed by atoms with Gasteiger partial charge in [-0.3, -0.25) is 0 Å². The number of aliphatic hydroxyl groups excluding tert-OH is 1. The van der Waals surface area contributed by atoms with Crippen LogP contribution in [0.15, 0.2) is 18.3 Å². The Labute approximate surface area is 141 Å². The van der Waals surface area contributed by atoms with E-state index in [4.69, 9.17) is 0 Å². The van der Waals surface area contributed by atoms with Crippen molar-refractivity contribution < 1.29 is 5.11 Å². The van der Waals surface area contributed by atoms with Gasteiger partial charge in [0.15, 0.2) is 11.6 Å². The zero-order valence-corrected chi connectivity index (χ0v) is 14.5. The molecule has 2 N–H and O–H groups in total. The van der Waals surface area contributed by atoms with Gasteiger partial charge in [0.2, 0.25) is 0 Å². The van der Waals surface area contributed by atoms with E-state index in [1.807, 2.05) is 32.9 Å². The van der Waals surface area contributed by atoms with E-state index in [0.29, 0.717) is 12.4 Å². The average Bonchev–Trinajstić information content (AvgIpc) is 3.03. The SMILES string of the molecule is CC(C)(C)n1nnc(CNc2cccnc2N2CCC(O)CC2)n1. The number of hydrogen-bond donors (Lipinski definition) is 2. The number of pyridine rings is 1. The van der Waals surface area contributed by atoms with E-state index in [0.717, 1.165) is 37.4 Å². The first-order chi connectivity index (χ1) is 11.4. The van der Waals surface area contributed by atoms with Crippen LogP contribution in [0.4, 0.5) is 11.5 Å². The molecule has 2 aromatic heterocycles. The minimum atomic E-state index is -0.196. The van der Waals surface area contributed by atoms with Gasteiger partial charge in [-0.25, -0.2) is 4.98 Å². The summed E-state index contributed by atoms with van der Waals surface area (Å²) in [5, 5.41) is 25.7. The molecular weight excluding hydrogens is 306 g/mol. The molecule has 1 saturated heterocycles. The molecule has 8 heteroatoms. The summed E-state index contributed by atoms with van der Waals surface area (Å²) >= 11 is 0. The molecule has 2 aromatic rings. The molecule has 1 aliphatic heterocycles. The molecule has 0 spiro atoms. The van der Waals surface area contributed by atoms with Gasteiger partial charge >= 0.3 is 0 Å². The molecule has 0 aromatic carbocycles. The van der Waals surface area contributed by atoms with Gasteiger partial charge in [-0.05, 0) is 51.0 Å². The van der Waals surface area contributed by atoms with Crippen LogP contribution in [0.2, 0.25) is 0 Å². The summed E-state index contributed by atoms with van der Waals surface area (Å²) in [5.41, 5.74) is 0.764. The Balaban J connectivity index is 1.68. The van der Waals surface area contributed by atoms with Crippen LogP contribution in [0.1, 0.15) is 39.4 Å². The number of nitrogens with zero attached hydrogens (tertiary/aromatic N) is 6. The van der Waals surface area contributed by atoms with E-state index in [9.17, 15) is 5.11 Å². The first-order valence-corrected chi connectivity index (χ1v) is 8.35. The summed E-state index contributed by atoms with van der Waals surface area (Å²) in [4.78, 5) is 8.33. The molecule has 0 aliphatic carbocycles. The third-order valence-corrected chi connectivity index (χ3v) is 4.04. The molecule has 24 heavy (non-hydrogen) atoms. The summed E-state index contributed by atoms with van der Waals surface area (Å²) in [6, 6.07) is 3.91. The van der Waals surface area contributed by atoms with E-state index in [1.165, 1.54) is 0 Å². The zero-order chi connectivity index (χ0) is 17.2. The van der Waals surface area contributed by atoms with Crippen molar-refractivity contribution in [3.8, 4) is 0 Å². The number of anilines is 2. The van der Waals surface area contributed by atoms with Gasteiger partial charge in [-0.2, -0.15) is 4.80 Å². The number of hydrogen-bond acceptors (Lipinski definition) is 7. The molecule has 8 nitrogen and oxygen atoms in total. The standard InChI is InChI=1S/C16H25N7O/c1-16(2,3)23-20-14(19-21-23)11-18-13-5-4-8-17-15(13)22-9-6-12(24)7-10-22/h4-5,8,12,18,24H,6-7,9-11H2,1-3H3. The molecular formula is C16H25N7O. The van der Waals surface area contributed by atoms with Gasteiger partial charge in [-0.1, -0.05) is 0 Å².